The van der Waals surface area contributed by atoms with E-state index in [4.69, 9.17) is 0 Å². The molecule has 0 bridgehead atoms. The fourth-order valence-corrected chi connectivity index (χ4v) is 2.38. The summed E-state index contributed by atoms with van der Waals surface area (Å²) in [6, 6.07) is 5.34. The Hall–Kier alpha value is -2.28. The fraction of sp³-hybridized carbons (Fsp3) is 0.167. The lowest BCUT2D eigenvalue weighted by Gasteiger charge is -2.00. The number of carbonyl (C=O) groups is 1. The Morgan fingerprint density at radius 3 is 2.89 bits per heavy atom. The van der Waals surface area contributed by atoms with Gasteiger partial charge in [0.15, 0.2) is 0 Å². The number of amides is 1. The second kappa shape index (κ2) is 4.43. The van der Waals surface area contributed by atoms with Gasteiger partial charge in [-0.1, -0.05) is 11.3 Å². The Morgan fingerprint density at radius 1 is 1.32 bits per heavy atom. The van der Waals surface area contributed by atoms with Crippen molar-refractivity contribution in [2.75, 3.05) is 5.32 Å². The topological polar surface area (TPSA) is 83.6 Å². The van der Waals surface area contributed by atoms with Crippen LogP contribution in [-0.2, 0) is 0 Å². The van der Waals surface area contributed by atoms with E-state index in [0.29, 0.717) is 10.7 Å². The van der Waals surface area contributed by atoms with Gasteiger partial charge in [0.2, 0.25) is 5.13 Å². The molecule has 2 heterocycles. The number of hydrogen-bond acceptors (Lipinski definition) is 5. The first-order valence-corrected chi connectivity index (χ1v) is 6.51. The van der Waals surface area contributed by atoms with Crippen molar-refractivity contribution in [3.63, 3.8) is 0 Å². The molecule has 0 aliphatic heterocycles. The third-order valence-corrected chi connectivity index (χ3v) is 3.36. The zero-order chi connectivity index (χ0) is 13.4. The highest BCUT2D eigenvalue weighted by molar-refractivity contribution is 7.15. The summed E-state index contributed by atoms with van der Waals surface area (Å²) in [6.45, 7) is 3.72. The number of carbonyl (C=O) groups excluding carboxylic acids is 1. The average Bonchev–Trinajstić information content (AvgIpc) is 2.93. The van der Waals surface area contributed by atoms with Gasteiger partial charge in [0, 0.05) is 5.56 Å². The van der Waals surface area contributed by atoms with Gasteiger partial charge in [-0.05, 0) is 32.0 Å². The molecule has 0 unspecified atom stereocenters. The highest BCUT2D eigenvalue weighted by atomic mass is 32.1. The summed E-state index contributed by atoms with van der Waals surface area (Å²) in [7, 11) is 0. The number of rotatable bonds is 2. The van der Waals surface area contributed by atoms with E-state index in [-0.39, 0.29) is 5.91 Å². The van der Waals surface area contributed by atoms with Crippen molar-refractivity contribution in [3.05, 3.63) is 34.6 Å². The summed E-state index contributed by atoms with van der Waals surface area (Å²) in [5.74, 6) is 0.623. The second-order valence-electron chi connectivity index (χ2n) is 4.13. The quantitative estimate of drug-likeness (QED) is 0.750. The van der Waals surface area contributed by atoms with Crippen LogP contribution < -0.4 is 5.32 Å². The van der Waals surface area contributed by atoms with E-state index in [0.717, 1.165) is 21.9 Å². The number of imidazole rings is 1. The molecule has 0 atom stereocenters. The third kappa shape index (κ3) is 2.32. The molecule has 0 fully saturated rings. The first-order chi connectivity index (χ1) is 9.11. The van der Waals surface area contributed by atoms with Crippen LogP contribution in [0.5, 0.6) is 0 Å². The molecule has 96 valence electrons. The highest BCUT2D eigenvalue weighted by Gasteiger charge is 2.10. The van der Waals surface area contributed by atoms with Crippen LogP contribution in [0.25, 0.3) is 11.0 Å². The Morgan fingerprint density at radius 2 is 2.16 bits per heavy atom. The molecule has 0 spiro atoms. The minimum Gasteiger partial charge on any atom is -0.342 e. The summed E-state index contributed by atoms with van der Waals surface area (Å²) < 4.78 is 0. The van der Waals surface area contributed by atoms with Crippen molar-refractivity contribution in [2.24, 2.45) is 0 Å². The fourth-order valence-electron chi connectivity index (χ4n) is 1.79. The van der Waals surface area contributed by atoms with Gasteiger partial charge in [-0.3, -0.25) is 10.1 Å². The maximum absolute atomic E-state index is 12.1. The Labute approximate surface area is 112 Å². The van der Waals surface area contributed by atoms with Gasteiger partial charge in [0.1, 0.15) is 10.8 Å². The lowest BCUT2D eigenvalue weighted by Crippen LogP contribution is -2.11. The largest absolute Gasteiger partial charge is 0.342 e. The molecule has 3 rings (SSSR count). The molecule has 0 aliphatic carbocycles. The normalized spacial score (nSPS) is 10.8. The van der Waals surface area contributed by atoms with Crippen LogP contribution in [0.1, 0.15) is 21.2 Å². The molecule has 2 N–H and O–H groups in total. The van der Waals surface area contributed by atoms with Crippen molar-refractivity contribution in [1.29, 1.82) is 0 Å². The minimum absolute atomic E-state index is 0.203. The maximum atomic E-state index is 12.1. The van der Waals surface area contributed by atoms with Crippen molar-refractivity contribution in [3.8, 4) is 0 Å². The minimum atomic E-state index is -0.203. The van der Waals surface area contributed by atoms with E-state index in [1.165, 1.54) is 11.3 Å². The summed E-state index contributed by atoms with van der Waals surface area (Å²) in [4.78, 5) is 19.5. The monoisotopic (exact) mass is 273 g/mol. The molecule has 7 heteroatoms. The maximum Gasteiger partial charge on any atom is 0.257 e. The summed E-state index contributed by atoms with van der Waals surface area (Å²) >= 11 is 1.34. The van der Waals surface area contributed by atoms with Crippen LogP contribution in [-0.4, -0.2) is 26.1 Å². The number of nitrogens with zero attached hydrogens (tertiary/aromatic N) is 3. The van der Waals surface area contributed by atoms with E-state index >= 15 is 0 Å². The van der Waals surface area contributed by atoms with E-state index in [1.807, 2.05) is 19.9 Å². The molecule has 6 nitrogen and oxygen atoms in total. The molecule has 2 aromatic heterocycles. The van der Waals surface area contributed by atoms with Gasteiger partial charge in [-0.25, -0.2) is 4.98 Å². The molecule has 0 radical (unpaired) electrons. The SMILES string of the molecule is Cc1nc2ccc(C(=O)Nc3nnc(C)s3)cc2[nH]1. The number of aryl methyl sites for hydroxylation is 2. The van der Waals surface area contributed by atoms with Crippen molar-refractivity contribution >= 4 is 33.4 Å². The van der Waals surface area contributed by atoms with Gasteiger partial charge in [-0.2, -0.15) is 0 Å². The first kappa shape index (κ1) is 11.8. The number of benzene rings is 1. The third-order valence-electron chi connectivity index (χ3n) is 2.61. The number of fused-ring (bicyclic) bond motifs is 1. The molecular formula is C12H11N5OS. The molecule has 0 saturated carbocycles. The number of H-pyrrole nitrogens is 1. The van der Waals surface area contributed by atoms with Gasteiger partial charge in [0.25, 0.3) is 5.91 Å². The van der Waals surface area contributed by atoms with Crippen molar-refractivity contribution < 1.29 is 4.79 Å². The number of anilines is 1. The lowest BCUT2D eigenvalue weighted by molar-refractivity contribution is 0.102. The van der Waals surface area contributed by atoms with Crippen LogP contribution in [0.2, 0.25) is 0 Å². The lowest BCUT2D eigenvalue weighted by atomic mass is 10.2. The van der Waals surface area contributed by atoms with Gasteiger partial charge < -0.3 is 4.98 Å². The number of aromatic nitrogens is 4. The first-order valence-electron chi connectivity index (χ1n) is 5.69. The second-order valence-corrected chi connectivity index (χ2v) is 5.32. The molecule has 1 aromatic carbocycles. The van der Waals surface area contributed by atoms with Crippen molar-refractivity contribution in [1.82, 2.24) is 20.2 Å². The zero-order valence-electron chi connectivity index (χ0n) is 10.4. The summed E-state index contributed by atoms with van der Waals surface area (Å²) in [6.07, 6.45) is 0. The van der Waals surface area contributed by atoms with Crippen LogP contribution in [0.4, 0.5) is 5.13 Å². The van der Waals surface area contributed by atoms with Crippen LogP contribution in [0.15, 0.2) is 18.2 Å². The standard InChI is InChI=1S/C12H11N5OS/c1-6-13-9-4-3-8(5-10(9)14-6)11(18)15-12-17-16-7(2)19-12/h3-5H,1-2H3,(H,13,14)(H,15,17,18). The molecule has 3 aromatic rings. The molecule has 19 heavy (non-hydrogen) atoms. The summed E-state index contributed by atoms with van der Waals surface area (Å²) in [5, 5.41) is 11.8. The van der Waals surface area contributed by atoms with Crippen molar-refractivity contribution in [2.45, 2.75) is 13.8 Å². The highest BCUT2D eigenvalue weighted by Crippen LogP contribution is 2.17. The molecule has 0 saturated heterocycles. The summed E-state index contributed by atoms with van der Waals surface area (Å²) in [5.41, 5.74) is 2.25. The number of hydrogen-bond donors (Lipinski definition) is 2. The predicted molar refractivity (Wildman–Crippen MR) is 73.4 cm³/mol. The van der Waals surface area contributed by atoms with Crippen LogP contribution in [0.3, 0.4) is 0 Å². The Balaban J connectivity index is 1.88. The van der Waals surface area contributed by atoms with Gasteiger partial charge >= 0.3 is 0 Å². The number of aromatic amines is 1. The molecule has 0 aliphatic rings. The van der Waals surface area contributed by atoms with Crippen LogP contribution in [0, 0.1) is 13.8 Å². The van der Waals surface area contributed by atoms with Gasteiger partial charge in [-0.15, -0.1) is 10.2 Å². The predicted octanol–water partition coefficient (Wildman–Crippen LogP) is 2.28. The van der Waals surface area contributed by atoms with E-state index in [9.17, 15) is 4.79 Å². The van der Waals surface area contributed by atoms with Gasteiger partial charge in [0.05, 0.1) is 11.0 Å². The average molecular weight is 273 g/mol. The van der Waals surface area contributed by atoms with E-state index in [2.05, 4.69) is 25.5 Å². The van der Waals surface area contributed by atoms with E-state index < -0.39 is 0 Å². The van der Waals surface area contributed by atoms with E-state index in [1.54, 1.807) is 12.1 Å². The molecular weight excluding hydrogens is 262 g/mol. The Bertz CT molecular complexity index is 760. The zero-order valence-corrected chi connectivity index (χ0v) is 11.2. The molecule has 1 amide bonds. The Kier molecular flexibility index (Phi) is 2.75. The number of nitrogens with one attached hydrogen (secondary N) is 2. The smallest absolute Gasteiger partial charge is 0.257 e. The van der Waals surface area contributed by atoms with Crippen LogP contribution >= 0.6 is 11.3 Å².